The summed E-state index contributed by atoms with van der Waals surface area (Å²) in [7, 11) is 0. The van der Waals surface area contributed by atoms with Gasteiger partial charge in [-0.2, -0.15) is 0 Å². The van der Waals surface area contributed by atoms with Crippen LogP contribution >= 0.6 is 0 Å². The first-order chi connectivity index (χ1) is 22.3. The molecule has 0 atom stereocenters. The molecule has 0 bridgehead atoms. The zero-order valence-electron chi connectivity index (χ0n) is 23.9. The van der Waals surface area contributed by atoms with Crippen LogP contribution in [0.4, 0.5) is 0 Å². The zero-order chi connectivity index (χ0) is 29.5. The number of hydrogen-bond acceptors (Lipinski definition) is 4. The van der Waals surface area contributed by atoms with Crippen LogP contribution < -0.4 is 0 Å². The smallest absolute Gasteiger partial charge is 0.234 e. The molecule has 0 unspecified atom stereocenters. The Morgan fingerprint density at radius 3 is 1.76 bits per heavy atom. The number of aromatic nitrogens is 3. The molecule has 0 aliphatic carbocycles. The van der Waals surface area contributed by atoms with Gasteiger partial charge in [0.1, 0.15) is 22.3 Å². The fourth-order valence-electron chi connectivity index (χ4n) is 6.75. The van der Waals surface area contributed by atoms with Crippen molar-refractivity contribution in [3.63, 3.8) is 0 Å². The van der Waals surface area contributed by atoms with E-state index in [1.165, 1.54) is 0 Å². The van der Waals surface area contributed by atoms with Crippen LogP contribution in [0.25, 0.3) is 93.9 Å². The van der Waals surface area contributed by atoms with Crippen LogP contribution in [0.1, 0.15) is 0 Å². The van der Waals surface area contributed by atoms with Gasteiger partial charge in [0.2, 0.25) is 5.95 Å². The van der Waals surface area contributed by atoms with Crippen LogP contribution in [0.15, 0.2) is 149 Å². The van der Waals surface area contributed by atoms with Gasteiger partial charge in [-0.15, -0.1) is 0 Å². The summed E-state index contributed by atoms with van der Waals surface area (Å²) in [6, 6.07) is 44.0. The lowest BCUT2D eigenvalue weighted by atomic mass is 10.0. The van der Waals surface area contributed by atoms with Crippen molar-refractivity contribution in [2.45, 2.75) is 0 Å². The summed E-state index contributed by atoms with van der Waals surface area (Å²) in [6.45, 7) is 0. The number of nitrogens with zero attached hydrogens (tertiary/aromatic N) is 3. The number of para-hydroxylation sites is 2. The Kier molecular flexibility index (Phi) is 4.93. The van der Waals surface area contributed by atoms with Crippen molar-refractivity contribution in [2.75, 3.05) is 0 Å². The molecule has 4 heterocycles. The molecule has 0 N–H and O–H groups in total. The summed E-state index contributed by atoms with van der Waals surface area (Å²) in [4.78, 5) is 9.76. The quantitative estimate of drug-likeness (QED) is 0.210. The number of furan rings is 2. The van der Waals surface area contributed by atoms with Crippen molar-refractivity contribution in [1.29, 1.82) is 0 Å². The van der Waals surface area contributed by atoms with E-state index in [1.807, 2.05) is 67.0 Å². The summed E-state index contributed by atoms with van der Waals surface area (Å²) in [5.41, 5.74) is 9.84. The van der Waals surface area contributed by atoms with Gasteiger partial charge in [0.15, 0.2) is 0 Å². The Balaban J connectivity index is 1.21. The molecule has 0 amide bonds. The standard InChI is InChI=1S/C40H23N3O2/c1-2-8-24(9-3-1)27-22-41-40(42-23-27)43-34-17-15-25(26-14-16-30-28-10-4-6-12-36(28)44-38(30)19-26)18-31(34)32-21-39-33(20-35(32)43)29-11-5-7-13-37(29)45-39/h1-23H. The second-order valence-corrected chi connectivity index (χ2v) is 11.5. The van der Waals surface area contributed by atoms with Crippen LogP contribution in [0.3, 0.4) is 0 Å². The van der Waals surface area contributed by atoms with Gasteiger partial charge < -0.3 is 8.83 Å². The largest absolute Gasteiger partial charge is 0.456 e. The van der Waals surface area contributed by atoms with Crippen LogP contribution in [0.5, 0.6) is 0 Å². The van der Waals surface area contributed by atoms with E-state index in [2.05, 4.69) is 77.4 Å². The van der Waals surface area contributed by atoms with Gasteiger partial charge in [0, 0.05) is 50.3 Å². The van der Waals surface area contributed by atoms with E-state index < -0.39 is 0 Å². The molecule has 210 valence electrons. The lowest BCUT2D eigenvalue weighted by Crippen LogP contribution is -2.00. The highest BCUT2D eigenvalue weighted by molar-refractivity contribution is 6.17. The van der Waals surface area contributed by atoms with Crippen molar-refractivity contribution in [3.8, 4) is 28.2 Å². The summed E-state index contributed by atoms with van der Waals surface area (Å²) in [5, 5.41) is 6.59. The Labute approximate surface area is 256 Å². The zero-order valence-corrected chi connectivity index (χ0v) is 23.9. The molecule has 6 aromatic carbocycles. The summed E-state index contributed by atoms with van der Waals surface area (Å²) >= 11 is 0. The first kappa shape index (κ1) is 24.3. The van der Waals surface area contributed by atoms with E-state index in [0.29, 0.717) is 5.95 Å². The summed E-state index contributed by atoms with van der Waals surface area (Å²) < 4.78 is 14.7. The van der Waals surface area contributed by atoms with Gasteiger partial charge in [0.05, 0.1) is 11.0 Å². The molecule has 10 aromatic rings. The van der Waals surface area contributed by atoms with Gasteiger partial charge in [-0.1, -0.05) is 78.9 Å². The van der Waals surface area contributed by atoms with Crippen molar-refractivity contribution >= 4 is 65.7 Å². The fraction of sp³-hybridized carbons (Fsp3) is 0. The molecule has 0 radical (unpaired) electrons. The van der Waals surface area contributed by atoms with Crippen molar-refractivity contribution < 1.29 is 8.83 Å². The predicted molar refractivity (Wildman–Crippen MR) is 182 cm³/mol. The lowest BCUT2D eigenvalue weighted by molar-refractivity contribution is 0.669. The monoisotopic (exact) mass is 577 g/mol. The van der Waals surface area contributed by atoms with Gasteiger partial charge in [0.25, 0.3) is 0 Å². The molecule has 0 fully saturated rings. The van der Waals surface area contributed by atoms with Gasteiger partial charge in [-0.05, 0) is 65.2 Å². The molecule has 5 heteroatoms. The maximum absolute atomic E-state index is 6.33. The molecule has 0 spiro atoms. The van der Waals surface area contributed by atoms with Gasteiger partial charge >= 0.3 is 0 Å². The molecule has 0 aliphatic heterocycles. The molecule has 5 nitrogen and oxygen atoms in total. The molecular weight excluding hydrogens is 554 g/mol. The van der Waals surface area contributed by atoms with Crippen molar-refractivity contribution in [3.05, 3.63) is 140 Å². The highest BCUT2D eigenvalue weighted by Gasteiger charge is 2.19. The Hall–Kier alpha value is -6.20. The Morgan fingerprint density at radius 2 is 0.978 bits per heavy atom. The van der Waals surface area contributed by atoms with E-state index in [-0.39, 0.29) is 0 Å². The molecule has 0 saturated heterocycles. The summed E-state index contributed by atoms with van der Waals surface area (Å²) in [5.74, 6) is 0.623. The third-order valence-electron chi connectivity index (χ3n) is 8.92. The van der Waals surface area contributed by atoms with Crippen molar-refractivity contribution in [2.24, 2.45) is 0 Å². The minimum absolute atomic E-state index is 0.623. The SMILES string of the molecule is c1ccc(-c2cnc(-n3c4ccc(-c5ccc6c(c5)oc5ccccc56)cc4c4cc5oc6ccccc6c5cc43)nc2)cc1. The van der Waals surface area contributed by atoms with Crippen LogP contribution in [0.2, 0.25) is 0 Å². The second-order valence-electron chi connectivity index (χ2n) is 11.5. The first-order valence-corrected chi connectivity index (χ1v) is 15.0. The Morgan fingerprint density at radius 1 is 0.378 bits per heavy atom. The van der Waals surface area contributed by atoms with Crippen LogP contribution in [-0.2, 0) is 0 Å². The average molecular weight is 578 g/mol. The maximum atomic E-state index is 6.33. The summed E-state index contributed by atoms with van der Waals surface area (Å²) in [6.07, 6.45) is 3.80. The van der Waals surface area contributed by atoms with E-state index in [4.69, 9.17) is 18.8 Å². The van der Waals surface area contributed by atoms with E-state index >= 15 is 0 Å². The molecule has 10 rings (SSSR count). The molecular formula is C40H23N3O2. The molecule has 45 heavy (non-hydrogen) atoms. The number of fused-ring (bicyclic) bond motifs is 9. The molecule has 0 aliphatic rings. The van der Waals surface area contributed by atoms with Crippen molar-refractivity contribution in [1.82, 2.24) is 14.5 Å². The highest BCUT2D eigenvalue weighted by atomic mass is 16.3. The lowest BCUT2D eigenvalue weighted by Gasteiger charge is -2.08. The van der Waals surface area contributed by atoms with Gasteiger partial charge in [-0.25, -0.2) is 9.97 Å². The van der Waals surface area contributed by atoms with Gasteiger partial charge in [-0.3, -0.25) is 4.57 Å². The van der Waals surface area contributed by atoms with E-state index in [1.54, 1.807) is 0 Å². The Bertz CT molecular complexity index is 2750. The van der Waals surface area contributed by atoms with E-state index in [9.17, 15) is 0 Å². The average Bonchev–Trinajstić information content (AvgIpc) is 3.76. The normalized spacial score (nSPS) is 12.0. The molecule has 0 saturated carbocycles. The topological polar surface area (TPSA) is 57.0 Å². The number of benzene rings is 6. The third kappa shape index (κ3) is 3.61. The fourth-order valence-corrected chi connectivity index (χ4v) is 6.75. The van der Waals surface area contributed by atoms with E-state index in [0.717, 1.165) is 87.9 Å². The third-order valence-corrected chi connectivity index (χ3v) is 8.92. The highest BCUT2D eigenvalue weighted by Crippen LogP contribution is 2.40. The minimum atomic E-state index is 0.623. The maximum Gasteiger partial charge on any atom is 0.234 e. The first-order valence-electron chi connectivity index (χ1n) is 15.0. The minimum Gasteiger partial charge on any atom is -0.456 e. The number of rotatable bonds is 3. The van der Waals surface area contributed by atoms with Crippen LogP contribution in [-0.4, -0.2) is 14.5 Å². The predicted octanol–water partition coefficient (Wildman–Crippen LogP) is 10.7. The molecule has 4 aromatic heterocycles. The van der Waals surface area contributed by atoms with Crippen LogP contribution in [0, 0.1) is 0 Å². The second kappa shape index (κ2) is 9.15. The number of hydrogen-bond donors (Lipinski definition) is 0.